The van der Waals surface area contributed by atoms with Crippen molar-refractivity contribution in [1.82, 2.24) is 25.1 Å². The lowest BCUT2D eigenvalue weighted by molar-refractivity contribution is 0.0944. The quantitative estimate of drug-likeness (QED) is 0.746. The van der Waals surface area contributed by atoms with Gasteiger partial charge in [0.2, 0.25) is 5.82 Å². The maximum absolute atomic E-state index is 11.9. The molecule has 21 heavy (non-hydrogen) atoms. The molecule has 2 N–H and O–H groups in total. The summed E-state index contributed by atoms with van der Waals surface area (Å²) in [7, 11) is 3.14. The molecule has 0 aromatic carbocycles. The SMILES string of the molecule is COc1nc(C(=O)NCCNc2ncccc2C)nn1C. The van der Waals surface area contributed by atoms with Crippen molar-refractivity contribution in [1.29, 1.82) is 0 Å². The van der Waals surface area contributed by atoms with Gasteiger partial charge >= 0.3 is 6.01 Å². The molecule has 0 fully saturated rings. The lowest BCUT2D eigenvalue weighted by Gasteiger charge is -2.08. The highest BCUT2D eigenvalue weighted by molar-refractivity contribution is 5.90. The number of methoxy groups -OCH3 is 1. The number of carbonyl (C=O) groups excluding carboxylic acids is 1. The van der Waals surface area contributed by atoms with E-state index in [1.807, 2.05) is 19.1 Å². The second kappa shape index (κ2) is 6.69. The molecular weight excluding hydrogens is 272 g/mol. The van der Waals surface area contributed by atoms with Gasteiger partial charge in [0, 0.05) is 26.3 Å². The molecule has 0 saturated heterocycles. The van der Waals surface area contributed by atoms with Crippen LogP contribution < -0.4 is 15.4 Å². The van der Waals surface area contributed by atoms with E-state index in [9.17, 15) is 4.79 Å². The van der Waals surface area contributed by atoms with E-state index in [-0.39, 0.29) is 11.7 Å². The molecule has 8 nitrogen and oxygen atoms in total. The zero-order valence-electron chi connectivity index (χ0n) is 12.3. The molecule has 1 amide bonds. The van der Waals surface area contributed by atoms with Crippen LogP contribution in [0.1, 0.15) is 16.2 Å². The van der Waals surface area contributed by atoms with Gasteiger partial charge in [0.15, 0.2) is 0 Å². The lowest BCUT2D eigenvalue weighted by Crippen LogP contribution is -2.29. The van der Waals surface area contributed by atoms with Crippen LogP contribution in [0, 0.1) is 6.92 Å². The highest BCUT2D eigenvalue weighted by Gasteiger charge is 2.14. The second-order valence-electron chi connectivity index (χ2n) is 4.40. The summed E-state index contributed by atoms with van der Waals surface area (Å²) in [6.07, 6.45) is 1.72. The minimum absolute atomic E-state index is 0.0865. The number of carbonyl (C=O) groups is 1. The third-order valence-corrected chi connectivity index (χ3v) is 2.82. The Morgan fingerprint density at radius 2 is 2.24 bits per heavy atom. The van der Waals surface area contributed by atoms with Crippen LogP contribution in [0.5, 0.6) is 6.01 Å². The number of pyridine rings is 1. The molecule has 0 saturated carbocycles. The smallest absolute Gasteiger partial charge is 0.314 e. The number of hydrogen-bond donors (Lipinski definition) is 2. The van der Waals surface area contributed by atoms with E-state index < -0.39 is 0 Å². The van der Waals surface area contributed by atoms with Crippen molar-refractivity contribution in [2.75, 3.05) is 25.5 Å². The van der Waals surface area contributed by atoms with Crippen LogP contribution in [0.25, 0.3) is 0 Å². The van der Waals surface area contributed by atoms with Gasteiger partial charge in [-0.2, -0.15) is 4.98 Å². The molecule has 0 aliphatic heterocycles. The van der Waals surface area contributed by atoms with Gasteiger partial charge in [-0.05, 0) is 18.6 Å². The fourth-order valence-corrected chi connectivity index (χ4v) is 1.75. The second-order valence-corrected chi connectivity index (χ2v) is 4.40. The number of ether oxygens (including phenoxy) is 1. The Balaban J connectivity index is 1.80. The zero-order valence-corrected chi connectivity index (χ0v) is 12.3. The van der Waals surface area contributed by atoms with Crippen LogP contribution in [0.3, 0.4) is 0 Å². The van der Waals surface area contributed by atoms with E-state index in [0.29, 0.717) is 19.1 Å². The van der Waals surface area contributed by atoms with E-state index in [4.69, 9.17) is 4.74 Å². The van der Waals surface area contributed by atoms with Crippen molar-refractivity contribution >= 4 is 11.7 Å². The average Bonchev–Trinajstić information content (AvgIpc) is 2.86. The number of rotatable bonds is 6. The normalized spacial score (nSPS) is 10.2. The number of amides is 1. The average molecular weight is 290 g/mol. The van der Waals surface area contributed by atoms with Gasteiger partial charge in [0.25, 0.3) is 5.91 Å². The number of nitrogens with zero attached hydrogens (tertiary/aromatic N) is 4. The summed E-state index contributed by atoms with van der Waals surface area (Å²) in [6.45, 7) is 2.97. The Morgan fingerprint density at radius 1 is 1.43 bits per heavy atom. The maximum Gasteiger partial charge on any atom is 0.314 e. The molecule has 2 aromatic heterocycles. The maximum atomic E-state index is 11.9. The van der Waals surface area contributed by atoms with E-state index in [0.717, 1.165) is 11.4 Å². The molecule has 0 bridgehead atoms. The van der Waals surface area contributed by atoms with E-state index in [1.165, 1.54) is 11.8 Å². The molecule has 112 valence electrons. The minimum Gasteiger partial charge on any atom is -0.467 e. The predicted molar refractivity (Wildman–Crippen MR) is 77.4 cm³/mol. The van der Waals surface area contributed by atoms with Crippen molar-refractivity contribution in [3.63, 3.8) is 0 Å². The number of aromatic nitrogens is 4. The summed E-state index contributed by atoms with van der Waals surface area (Å²) in [4.78, 5) is 20.0. The van der Waals surface area contributed by atoms with E-state index >= 15 is 0 Å². The molecule has 0 unspecified atom stereocenters. The third kappa shape index (κ3) is 3.68. The largest absolute Gasteiger partial charge is 0.467 e. The van der Waals surface area contributed by atoms with Crippen LogP contribution in [-0.4, -0.2) is 45.9 Å². The van der Waals surface area contributed by atoms with Gasteiger partial charge in [0.1, 0.15) is 5.82 Å². The molecule has 0 atom stereocenters. The van der Waals surface area contributed by atoms with Crippen LogP contribution in [0.2, 0.25) is 0 Å². The van der Waals surface area contributed by atoms with Crippen LogP contribution in [0.4, 0.5) is 5.82 Å². The standard InChI is InChI=1S/C13H18N6O2/c1-9-5-4-6-14-10(9)15-7-8-16-12(20)11-17-13(21-3)19(2)18-11/h4-6H,7-8H2,1-3H3,(H,14,15)(H,16,20). The molecule has 0 aliphatic carbocycles. The topological polar surface area (TPSA) is 94.0 Å². The van der Waals surface area contributed by atoms with Crippen molar-refractivity contribution in [3.8, 4) is 6.01 Å². The number of anilines is 1. The summed E-state index contributed by atoms with van der Waals surface area (Å²) >= 11 is 0. The van der Waals surface area contributed by atoms with Crippen molar-refractivity contribution in [3.05, 3.63) is 29.7 Å². The van der Waals surface area contributed by atoms with Crippen molar-refractivity contribution < 1.29 is 9.53 Å². The molecular formula is C13H18N6O2. The van der Waals surface area contributed by atoms with Crippen LogP contribution in [-0.2, 0) is 7.05 Å². The Bertz CT molecular complexity index is 625. The first kappa shape index (κ1) is 14.8. The predicted octanol–water partition coefficient (Wildman–Crippen LogP) is 0.369. The monoisotopic (exact) mass is 290 g/mol. The van der Waals surface area contributed by atoms with Gasteiger partial charge in [-0.15, -0.1) is 5.10 Å². The molecule has 2 heterocycles. The van der Waals surface area contributed by atoms with Gasteiger partial charge in [-0.1, -0.05) is 6.07 Å². The molecule has 0 radical (unpaired) electrons. The highest BCUT2D eigenvalue weighted by atomic mass is 16.5. The first-order valence-corrected chi connectivity index (χ1v) is 6.50. The van der Waals surface area contributed by atoms with Crippen LogP contribution >= 0.6 is 0 Å². The van der Waals surface area contributed by atoms with E-state index in [2.05, 4.69) is 25.7 Å². The Morgan fingerprint density at radius 3 is 2.90 bits per heavy atom. The molecule has 0 spiro atoms. The fourth-order valence-electron chi connectivity index (χ4n) is 1.75. The lowest BCUT2D eigenvalue weighted by atomic mass is 10.3. The summed E-state index contributed by atoms with van der Waals surface area (Å²) in [5, 5.41) is 9.85. The molecule has 2 aromatic rings. The minimum atomic E-state index is -0.339. The van der Waals surface area contributed by atoms with Gasteiger partial charge in [-0.3, -0.25) is 4.79 Å². The van der Waals surface area contributed by atoms with Crippen molar-refractivity contribution in [2.45, 2.75) is 6.92 Å². The molecule has 2 rings (SSSR count). The number of nitrogens with one attached hydrogen (secondary N) is 2. The summed E-state index contributed by atoms with van der Waals surface area (Å²) in [6, 6.07) is 4.14. The molecule has 0 aliphatic rings. The van der Waals surface area contributed by atoms with Crippen LogP contribution in [0.15, 0.2) is 18.3 Å². The number of aryl methyl sites for hydroxylation is 2. The summed E-state index contributed by atoms with van der Waals surface area (Å²) in [5.41, 5.74) is 1.06. The summed E-state index contributed by atoms with van der Waals surface area (Å²) < 4.78 is 6.37. The molecule has 8 heteroatoms. The fraction of sp³-hybridized carbons (Fsp3) is 0.385. The van der Waals surface area contributed by atoms with Crippen molar-refractivity contribution in [2.24, 2.45) is 7.05 Å². The van der Waals surface area contributed by atoms with Gasteiger partial charge in [0.05, 0.1) is 7.11 Å². The first-order valence-electron chi connectivity index (χ1n) is 6.50. The van der Waals surface area contributed by atoms with Gasteiger partial charge < -0.3 is 15.4 Å². The first-order chi connectivity index (χ1) is 10.1. The third-order valence-electron chi connectivity index (χ3n) is 2.82. The van der Waals surface area contributed by atoms with E-state index in [1.54, 1.807) is 13.2 Å². The zero-order chi connectivity index (χ0) is 15.2. The Labute approximate surface area is 122 Å². The Hall–Kier alpha value is -2.64. The summed E-state index contributed by atoms with van der Waals surface area (Å²) in [5.74, 6) is 0.557. The number of hydrogen-bond acceptors (Lipinski definition) is 6. The Kier molecular flexibility index (Phi) is 4.70. The van der Waals surface area contributed by atoms with Gasteiger partial charge in [-0.25, -0.2) is 9.67 Å². The highest BCUT2D eigenvalue weighted by Crippen LogP contribution is 2.08.